The second-order valence-corrected chi connectivity index (χ2v) is 5.09. The second-order valence-electron chi connectivity index (χ2n) is 3.84. The molecule has 0 aromatic carbocycles. The predicted octanol–water partition coefficient (Wildman–Crippen LogP) is 3.28. The monoisotopic (exact) mass is 259 g/mol. The average Bonchev–Trinajstić information content (AvgIpc) is 2.56. The Labute approximate surface area is 106 Å². The summed E-state index contributed by atoms with van der Waals surface area (Å²) in [6.07, 6.45) is 3.24. The van der Waals surface area contributed by atoms with Crippen molar-refractivity contribution in [2.45, 2.75) is 26.8 Å². The number of nitrogens with zero attached hydrogens (tertiary/aromatic N) is 1. The van der Waals surface area contributed by atoms with Gasteiger partial charge in [-0.1, -0.05) is 0 Å². The lowest BCUT2D eigenvalue weighted by atomic mass is 10.2. The van der Waals surface area contributed by atoms with E-state index in [9.17, 15) is 4.79 Å². The molecular weight excluding hydrogens is 242 g/mol. The Kier molecular flexibility index (Phi) is 5.42. The van der Waals surface area contributed by atoms with Gasteiger partial charge in [0.1, 0.15) is 0 Å². The number of alkyl halides is 1. The van der Waals surface area contributed by atoms with Crippen LogP contribution < -0.4 is 0 Å². The topological polar surface area (TPSA) is 22.0 Å². The third-order valence-corrected chi connectivity index (χ3v) is 3.67. The Hall–Kier alpha value is -0.410. The number of ketones is 1. The normalized spacial score (nSPS) is 10.8. The Morgan fingerprint density at radius 2 is 2.19 bits per heavy atom. The van der Waals surface area contributed by atoms with E-state index in [1.54, 1.807) is 0 Å². The lowest BCUT2D eigenvalue weighted by Gasteiger charge is -2.08. The molecular formula is C12H18ClNOS. The standard InChI is InChI=1S/C12H18ClNOS/c1-9-7-11(12(15)8-13)10(2)14(9)5-4-6-16-3/h7H,4-6,8H2,1-3H3. The first-order chi connectivity index (χ1) is 7.61. The highest BCUT2D eigenvalue weighted by molar-refractivity contribution is 7.98. The molecule has 0 radical (unpaired) electrons. The summed E-state index contributed by atoms with van der Waals surface area (Å²) in [5.74, 6) is 1.23. The summed E-state index contributed by atoms with van der Waals surface area (Å²) in [7, 11) is 0. The minimum Gasteiger partial charge on any atom is -0.348 e. The molecule has 1 rings (SSSR count). The van der Waals surface area contributed by atoms with E-state index in [-0.39, 0.29) is 11.7 Å². The predicted molar refractivity (Wildman–Crippen MR) is 72.0 cm³/mol. The molecule has 90 valence electrons. The minimum absolute atomic E-state index is 0.0193. The highest BCUT2D eigenvalue weighted by Crippen LogP contribution is 2.17. The van der Waals surface area contributed by atoms with Gasteiger partial charge >= 0.3 is 0 Å². The van der Waals surface area contributed by atoms with Crippen molar-refractivity contribution in [2.24, 2.45) is 0 Å². The van der Waals surface area contributed by atoms with Gasteiger partial charge in [0.05, 0.1) is 5.88 Å². The first-order valence-electron chi connectivity index (χ1n) is 5.36. The van der Waals surface area contributed by atoms with Crippen LogP contribution >= 0.6 is 23.4 Å². The smallest absolute Gasteiger partial charge is 0.179 e. The van der Waals surface area contributed by atoms with E-state index in [1.807, 2.05) is 31.7 Å². The molecule has 1 heterocycles. The number of carbonyl (C=O) groups excluding carboxylic acids is 1. The van der Waals surface area contributed by atoms with Crippen LogP contribution in [0.15, 0.2) is 6.07 Å². The first-order valence-corrected chi connectivity index (χ1v) is 7.29. The van der Waals surface area contributed by atoms with Gasteiger partial charge in [-0.25, -0.2) is 0 Å². The molecule has 0 spiro atoms. The molecule has 1 aromatic heterocycles. The van der Waals surface area contributed by atoms with E-state index < -0.39 is 0 Å². The molecule has 0 N–H and O–H groups in total. The van der Waals surface area contributed by atoms with Crippen LogP contribution in [-0.2, 0) is 6.54 Å². The Morgan fingerprint density at radius 1 is 1.50 bits per heavy atom. The Bertz CT molecular complexity index is 373. The second kappa shape index (κ2) is 6.36. The summed E-state index contributed by atoms with van der Waals surface area (Å²) in [4.78, 5) is 11.6. The molecule has 0 aliphatic carbocycles. The van der Waals surface area contributed by atoms with Crippen molar-refractivity contribution in [1.29, 1.82) is 0 Å². The molecule has 0 amide bonds. The van der Waals surface area contributed by atoms with Gasteiger partial charge in [-0.3, -0.25) is 4.79 Å². The molecule has 0 unspecified atom stereocenters. The average molecular weight is 260 g/mol. The highest BCUT2D eigenvalue weighted by Gasteiger charge is 2.14. The van der Waals surface area contributed by atoms with Gasteiger partial charge in [0.15, 0.2) is 5.78 Å². The molecule has 0 bridgehead atoms. The van der Waals surface area contributed by atoms with E-state index in [1.165, 1.54) is 0 Å². The maximum Gasteiger partial charge on any atom is 0.179 e. The van der Waals surface area contributed by atoms with Gasteiger partial charge in [-0.05, 0) is 38.3 Å². The third kappa shape index (κ3) is 3.05. The van der Waals surface area contributed by atoms with Crippen LogP contribution in [-0.4, -0.2) is 28.2 Å². The first kappa shape index (κ1) is 13.7. The number of Topliss-reactive ketones (excluding diaryl/α,β-unsaturated/α-hetero) is 1. The summed E-state index contributed by atoms with van der Waals surface area (Å²) >= 11 is 7.43. The molecule has 2 nitrogen and oxygen atoms in total. The van der Waals surface area contributed by atoms with Gasteiger partial charge in [-0.15, -0.1) is 11.6 Å². The van der Waals surface area contributed by atoms with Gasteiger partial charge < -0.3 is 4.57 Å². The maximum absolute atomic E-state index is 11.6. The zero-order chi connectivity index (χ0) is 12.1. The molecule has 0 aliphatic heterocycles. The highest BCUT2D eigenvalue weighted by atomic mass is 35.5. The molecule has 16 heavy (non-hydrogen) atoms. The summed E-state index contributed by atoms with van der Waals surface area (Å²) in [5, 5.41) is 0. The number of aryl methyl sites for hydroxylation is 1. The van der Waals surface area contributed by atoms with Gasteiger partial charge in [0, 0.05) is 23.5 Å². The Morgan fingerprint density at radius 3 is 2.75 bits per heavy atom. The van der Waals surface area contributed by atoms with E-state index in [0.29, 0.717) is 0 Å². The zero-order valence-electron chi connectivity index (χ0n) is 10.0. The number of rotatable bonds is 6. The van der Waals surface area contributed by atoms with Crippen LogP contribution in [0.1, 0.15) is 28.2 Å². The number of halogens is 1. The summed E-state index contributed by atoms with van der Waals surface area (Å²) in [5.41, 5.74) is 2.97. The third-order valence-electron chi connectivity index (χ3n) is 2.73. The molecule has 1 aromatic rings. The maximum atomic E-state index is 11.6. The molecule has 0 saturated heterocycles. The van der Waals surface area contributed by atoms with Crippen molar-refractivity contribution in [2.75, 3.05) is 17.9 Å². The van der Waals surface area contributed by atoms with Gasteiger partial charge in [0.2, 0.25) is 0 Å². The van der Waals surface area contributed by atoms with Crippen molar-refractivity contribution >= 4 is 29.1 Å². The largest absolute Gasteiger partial charge is 0.348 e. The fourth-order valence-corrected chi connectivity index (χ4v) is 2.43. The molecule has 4 heteroatoms. The van der Waals surface area contributed by atoms with Crippen molar-refractivity contribution in [1.82, 2.24) is 4.57 Å². The summed E-state index contributed by atoms with van der Waals surface area (Å²) in [6, 6.07) is 1.94. The number of hydrogen-bond donors (Lipinski definition) is 0. The lowest BCUT2D eigenvalue weighted by Crippen LogP contribution is -2.06. The molecule has 0 saturated carbocycles. The van der Waals surface area contributed by atoms with Crippen LogP contribution in [0.2, 0.25) is 0 Å². The van der Waals surface area contributed by atoms with Gasteiger partial charge in [-0.2, -0.15) is 11.8 Å². The number of thioether (sulfide) groups is 1. The fourth-order valence-electron chi connectivity index (χ4n) is 1.87. The van der Waals surface area contributed by atoms with Crippen LogP contribution in [0.5, 0.6) is 0 Å². The van der Waals surface area contributed by atoms with Crippen LogP contribution in [0.4, 0.5) is 0 Å². The summed E-state index contributed by atoms with van der Waals surface area (Å²) in [6.45, 7) is 5.01. The van der Waals surface area contributed by atoms with Crippen LogP contribution in [0, 0.1) is 13.8 Å². The fraction of sp³-hybridized carbons (Fsp3) is 0.583. The van der Waals surface area contributed by atoms with E-state index in [4.69, 9.17) is 11.6 Å². The summed E-state index contributed by atoms with van der Waals surface area (Å²) < 4.78 is 2.20. The van der Waals surface area contributed by atoms with Crippen molar-refractivity contribution < 1.29 is 4.79 Å². The number of hydrogen-bond acceptors (Lipinski definition) is 2. The van der Waals surface area contributed by atoms with E-state index in [2.05, 4.69) is 10.8 Å². The van der Waals surface area contributed by atoms with Gasteiger partial charge in [0.25, 0.3) is 0 Å². The number of carbonyl (C=O) groups is 1. The molecule has 0 aliphatic rings. The van der Waals surface area contributed by atoms with E-state index in [0.717, 1.165) is 35.7 Å². The SMILES string of the molecule is CSCCCn1c(C)cc(C(=O)CCl)c1C. The molecule has 0 fully saturated rings. The molecule has 0 atom stereocenters. The van der Waals surface area contributed by atoms with E-state index >= 15 is 0 Å². The van der Waals surface area contributed by atoms with Crippen LogP contribution in [0.3, 0.4) is 0 Å². The minimum atomic E-state index is 0.0193. The Balaban J connectivity index is 2.85. The van der Waals surface area contributed by atoms with Crippen molar-refractivity contribution in [3.05, 3.63) is 23.0 Å². The van der Waals surface area contributed by atoms with Crippen molar-refractivity contribution in [3.8, 4) is 0 Å². The zero-order valence-corrected chi connectivity index (χ0v) is 11.6. The quantitative estimate of drug-likeness (QED) is 0.444. The number of aromatic nitrogens is 1. The lowest BCUT2D eigenvalue weighted by molar-refractivity contribution is 0.102. The van der Waals surface area contributed by atoms with Crippen molar-refractivity contribution in [3.63, 3.8) is 0 Å². The van der Waals surface area contributed by atoms with Crippen LogP contribution in [0.25, 0.3) is 0 Å².